The van der Waals surface area contributed by atoms with Gasteiger partial charge in [0.2, 0.25) is 0 Å². The van der Waals surface area contributed by atoms with Gasteiger partial charge in [0.05, 0.1) is 25.6 Å². The van der Waals surface area contributed by atoms with E-state index in [9.17, 15) is 0 Å². The smallest absolute Gasteiger partial charge is 0.159 e. The Morgan fingerprint density at radius 3 is 2.06 bits per heavy atom. The van der Waals surface area contributed by atoms with E-state index in [0.29, 0.717) is 24.8 Å². The molecule has 0 fully saturated rings. The van der Waals surface area contributed by atoms with Crippen LogP contribution in [0.1, 0.15) is 84.5 Å². The lowest BCUT2D eigenvalue weighted by molar-refractivity contribution is 0.127. The minimum atomic E-state index is 0.645. The molecule has 5 heteroatoms. The predicted octanol–water partition coefficient (Wildman–Crippen LogP) is 7.80. The number of allylic oxidation sites excluding steroid dienone is 1. The molecule has 0 spiro atoms. The third-order valence-electron chi connectivity index (χ3n) is 5.49. The highest BCUT2D eigenvalue weighted by Crippen LogP contribution is 2.20. The Balaban J connectivity index is 1.59. The van der Waals surface area contributed by atoms with Crippen LogP contribution in [0.2, 0.25) is 0 Å². The minimum Gasteiger partial charge on any atom is -0.494 e. The normalized spacial score (nSPS) is 11.2. The van der Waals surface area contributed by atoms with Crippen molar-refractivity contribution in [3.05, 3.63) is 48.8 Å². The van der Waals surface area contributed by atoms with Crippen molar-refractivity contribution in [3.63, 3.8) is 0 Å². The van der Waals surface area contributed by atoms with Crippen molar-refractivity contribution in [2.45, 2.75) is 84.5 Å². The molecule has 0 saturated carbocycles. The van der Waals surface area contributed by atoms with E-state index in [2.05, 4.69) is 36.0 Å². The molecule has 5 nitrogen and oxygen atoms in total. The van der Waals surface area contributed by atoms with Crippen LogP contribution in [0, 0.1) is 0 Å². The topological polar surface area (TPSA) is 53.5 Å². The summed E-state index contributed by atoms with van der Waals surface area (Å²) in [6.45, 7) is 7.38. The van der Waals surface area contributed by atoms with Crippen molar-refractivity contribution in [2.75, 3.05) is 26.4 Å². The van der Waals surface area contributed by atoms with Crippen LogP contribution in [0.15, 0.2) is 48.8 Å². The Kier molecular flexibility index (Phi) is 15.5. The molecule has 0 amide bonds. The van der Waals surface area contributed by atoms with E-state index in [0.717, 1.165) is 50.2 Å². The highest BCUT2D eigenvalue weighted by molar-refractivity contribution is 5.56. The molecule has 0 aliphatic rings. The number of ether oxygens (including phenoxy) is 3. The second-order valence-corrected chi connectivity index (χ2v) is 8.60. The second kappa shape index (κ2) is 19.0. The predicted molar refractivity (Wildman–Crippen MR) is 141 cm³/mol. The lowest BCUT2D eigenvalue weighted by atomic mass is 10.1. The zero-order valence-corrected chi connectivity index (χ0v) is 21.3. The van der Waals surface area contributed by atoms with Gasteiger partial charge in [-0.3, -0.25) is 0 Å². The SMILES string of the molecule is CCCCCCCC/C=C\CCOc1cnc(-c2ccc(OCCCCOCCC)cc2)nc1. The maximum Gasteiger partial charge on any atom is 0.159 e. The fourth-order valence-corrected chi connectivity index (χ4v) is 3.51. The van der Waals surface area contributed by atoms with Gasteiger partial charge in [-0.2, -0.15) is 0 Å². The highest BCUT2D eigenvalue weighted by atomic mass is 16.5. The van der Waals surface area contributed by atoms with E-state index < -0.39 is 0 Å². The first-order chi connectivity index (χ1) is 16.8. The highest BCUT2D eigenvalue weighted by Gasteiger charge is 2.03. The van der Waals surface area contributed by atoms with Gasteiger partial charge in [0.1, 0.15) is 5.75 Å². The molecule has 0 bridgehead atoms. The molecule has 2 aromatic rings. The number of hydrogen-bond acceptors (Lipinski definition) is 5. The Labute approximate surface area is 207 Å². The average Bonchev–Trinajstić information content (AvgIpc) is 2.87. The third kappa shape index (κ3) is 12.7. The molecule has 1 heterocycles. The Morgan fingerprint density at radius 2 is 1.29 bits per heavy atom. The fourth-order valence-electron chi connectivity index (χ4n) is 3.51. The Bertz CT molecular complexity index is 760. The molecule has 2 rings (SSSR count). The zero-order valence-electron chi connectivity index (χ0n) is 21.3. The van der Waals surface area contributed by atoms with Gasteiger partial charge in [0.15, 0.2) is 11.6 Å². The summed E-state index contributed by atoms with van der Waals surface area (Å²) >= 11 is 0. The maximum atomic E-state index is 5.81. The van der Waals surface area contributed by atoms with Gasteiger partial charge in [-0.15, -0.1) is 0 Å². The summed E-state index contributed by atoms with van der Waals surface area (Å²) < 4.78 is 17.1. The van der Waals surface area contributed by atoms with E-state index in [4.69, 9.17) is 14.2 Å². The molecule has 188 valence electrons. The van der Waals surface area contributed by atoms with Gasteiger partial charge in [0.25, 0.3) is 0 Å². The molecule has 0 atom stereocenters. The molecule has 0 aliphatic heterocycles. The Morgan fingerprint density at radius 1 is 0.618 bits per heavy atom. The van der Waals surface area contributed by atoms with Crippen molar-refractivity contribution in [1.29, 1.82) is 0 Å². The molecule has 0 saturated heterocycles. The molecule has 0 N–H and O–H groups in total. The summed E-state index contributed by atoms with van der Waals surface area (Å²) in [6, 6.07) is 7.91. The first kappa shape index (κ1) is 27.8. The molecular weight excluding hydrogens is 424 g/mol. The van der Waals surface area contributed by atoms with Crippen molar-refractivity contribution in [1.82, 2.24) is 9.97 Å². The first-order valence-corrected chi connectivity index (χ1v) is 13.2. The zero-order chi connectivity index (χ0) is 24.1. The van der Waals surface area contributed by atoms with Crippen molar-refractivity contribution in [3.8, 4) is 22.9 Å². The van der Waals surface area contributed by atoms with Gasteiger partial charge in [0, 0.05) is 18.8 Å². The van der Waals surface area contributed by atoms with Crippen LogP contribution in [-0.4, -0.2) is 36.4 Å². The van der Waals surface area contributed by atoms with Crippen molar-refractivity contribution >= 4 is 0 Å². The van der Waals surface area contributed by atoms with Crippen LogP contribution in [0.5, 0.6) is 11.5 Å². The van der Waals surface area contributed by atoms with Crippen molar-refractivity contribution in [2.24, 2.45) is 0 Å². The summed E-state index contributed by atoms with van der Waals surface area (Å²) in [7, 11) is 0. The van der Waals surface area contributed by atoms with Gasteiger partial charge in [-0.1, -0.05) is 58.1 Å². The van der Waals surface area contributed by atoms with E-state index in [1.165, 1.54) is 44.9 Å². The molecule has 1 aromatic carbocycles. The lowest BCUT2D eigenvalue weighted by Crippen LogP contribution is -2.01. The second-order valence-electron chi connectivity index (χ2n) is 8.60. The van der Waals surface area contributed by atoms with Crippen LogP contribution in [-0.2, 0) is 4.74 Å². The molecule has 0 radical (unpaired) electrons. The number of unbranched alkanes of at least 4 members (excludes halogenated alkanes) is 7. The van der Waals surface area contributed by atoms with Crippen molar-refractivity contribution < 1.29 is 14.2 Å². The first-order valence-electron chi connectivity index (χ1n) is 13.2. The van der Waals surface area contributed by atoms with Gasteiger partial charge in [-0.25, -0.2) is 9.97 Å². The minimum absolute atomic E-state index is 0.645. The number of hydrogen-bond donors (Lipinski definition) is 0. The average molecular weight is 469 g/mol. The summed E-state index contributed by atoms with van der Waals surface area (Å²) in [5, 5.41) is 0. The van der Waals surface area contributed by atoms with Crippen LogP contribution in [0.4, 0.5) is 0 Å². The number of nitrogens with zero attached hydrogens (tertiary/aromatic N) is 2. The quantitative estimate of drug-likeness (QED) is 0.146. The standard InChI is InChI=1S/C29H44N2O3/c1-3-5-6-7-8-9-10-11-12-13-22-34-28-24-30-29(31-25-28)26-16-18-27(19-17-26)33-23-15-14-21-32-20-4-2/h11-12,16-19,24-25H,3-10,13-15,20-23H2,1-2H3/b12-11-. The van der Waals surface area contributed by atoms with Crippen LogP contribution in [0.3, 0.4) is 0 Å². The summed E-state index contributed by atoms with van der Waals surface area (Å²) in [4.78, 5) is 8.90. The summed E-state index contributed by atoms with van der Waals surface area (Å²) in [5.41, 5.74) is 0.962. The molecular formula is C29H44N2O3. The largest absolute Gasteiger partial charge is 0.494 e. The van der Waals surface area contributed by atoms with E-state index in [1.807, 2.05) is 24.3 Å². The van der Waals surface area contributed by atoms with Crippen LogP contribution >= 0.6 is 0 Å². The summed E-state index contributed by atoms with van der Waals surface area (Å²) in [5.74, 6) is 2.25. The monoisotopic (exact) mass is 468 g/mol. The Hall–Kier alpha value is -2.40. The molecule has 0 unspecified atom stereocenters. The van der Waals surface area contributed by atoms with Crippen LogP contribution in [0.25, 0.3) is 11.4 Å². The van der Waals surface area contributed by atoms with E-state index in [-0.39, 0.29) is 0 Å². The van der Waals surface area contributed by atoms with Gasteiger partial charge >= 0.3 is 0 Å². The lowest BCUT2D eigenvalue weighted by Gasteiger charge is -2.08. The molecule has 34 heavy (non-hydrogen) atoms. The van der Waals surface area contributed by atoms with Gasteiger partial charge < -0.3 is 14.2 Å². The number of aromatic nitrogens is 2. The molecule has 1 aromatic heterocycles. The molecule has 0 aliphatic carbocycles. The fraction of sp³-hybridized carbons (Fsp3) is 0.586. The van der Waals surface area contributed by atoms with E-state index >= 15 is 0 Å². The third-order valence-corrected chi connectivity index (χ3v) is 5.49. The van der Waals surface area contributed by atoms with Crippen LogP contribution < -0.4 is 9.47 Å². The maximum absolute atomic E-state index is 5.81. The summed E-state index contributed by atoms with van der Waals surface area (Å²) in [6.07, 6.45) is 21.2. The number of benzene rings is 1. The number of rotatable bonds is 20. The van der Waals surface area contributed by atoms with E-state index in [1.54, 1.807) is 12.4 Å². The van der Waals surface area contributed by atoms with Gasteiger partial charge in [-0.05, 0) is 62.8 Å².